The number of hydrogen-bond acceptors (Lipinski definition) is 3. The molecule has 0 aliphatic carbocycles. The molecule has 0 N–H and O–H groups in total. The van der Waals surface area contributed by atoms with Crippen molar-refractivity contribution in [1.29, 1.82) is 5.26 Å². The number of likely N-dealkylation sites (tertiary alicyclic amines) is 1. The van der Waals surface area contributed by atoms with Gasteiger partial charge >= 0.3 is 0 Å². The van der Waals surface area contributed by atoms with E-state index in [9.17, 15) is 0 Å². The molecule has 114 valence electrons. The van der Waals surface area contributed by atoms with Crippen molar-refractivity contribution in [3.8, 4) is 11.8 Å². The first-order chi connectivity index (χ1) is 10.7. The molecule has 0 bridgehead atoms. The Kier molecular flexibility index (Phi) is 4.17. The third-order valence-corrected chi connectivity index (χ3v) is 4.15. The van der Waals surface area contributed by atoms with Crippen LogP contribution in [0.4, 0.5) is 0 Å². The Bertz CT molecular complexity index is 693. The zero-order valence-corrected chi connectivity index (χ0v) is 13.1. The molecule has 0 atom stereocenters. The Morgan fingerprint density at radius 3 is 2.77 bits per heavy atom. The number of hydrogen-bond donors (Lipinski definition) is 0. The van der Waals surface area contributed by atoms with Crippen LogP contribution < -0.4 is 4.74 Å². The second-order valence-corrected chi connectivity index (χ2v) is 5.85. The molecule has 4 heteroatoms. The standard InChI is InChI=1S/C18H21N3O/c1-3-15-6-4-5-7-18(15)22-17-12-21(13-17)11-14-8-16(9-19)20(2)10-14/h4-8,10,17H,3,11-13H2,1-2H3. The van der Waals surface area contributed by atoms with Crippen LogP contribution in [0.15, 0.2) is 36.5 Å². The quantitative estimate of drug-likeness (QED) is 0.851. The molecule has 3 rings (SSSR count). The minimum absolute atomic E-state index is 0.270. The van der Waals surface area contributed by atoms with Gasteiger partial charge in [0.25, 0.3) is 0 Å². The maximum absolute atomic E-state index is 8.99. The summed E-state index contributed by atoms with van der Waals surface area (Å²) in [6.07, 6.45) is 3.29. The maximum Gasteiger partial charge on any atom is 0.124 e. The Labute approximate surface area is 131 Å². The van der Waals surface area contributed by atoms with Gasteiger partial charge < -0.3 is 9.30 Å². The summed E-state index contributed by atoms with van der Waals surface area (Å²) in [6, 6.07) is 12.4. The van der Waals surface area contributed by atoms with Gasteiger partial charge in [-0.05, 0) is 29.7 Å². The van der Waals surface area contributed by atoms with E-state index < -0.39 is 0 Å². The zero-order chi connectivity index (χ0) is 15.5. The molecular weight excluding hydrogens is 274 g/mol. The van der Waals surface area contributed by atoms with Crippen molar-refractivity contribution in [3.63, 3.8) is 0 Å². The van der Waals surface area contributed by atoms with Crippen molar-refractivity contribution < 1.29 is 4.74 Å². The molecule has 0 radical (unpaired) electrons. The highest BCUT2D eigenvalue weighted by molar-refractivity contribution is 5.33. The van der Waals surface area contributed by atoms with Gasteiger partial charge in [-0.15, -0.1) is 0 Å². The van der Waals surface area contributed by atoms with Crippen LogP contribution in [0, 0.1) is 11.3 Å². The molecule has 1 saturated heterocycles. The third-order valence-electron chi connectivity index (χ3n) is 4.15. The smallest absolute Gasteiger partial charge is 0.124 e. The van der Waals surface area contributed by atoms with Gasteiger partial charge in [-0.25, -0.2) is 0 Å². The summed E-state index contributed by atoms with van der Waals surface area (Å²) in [5.74, 6) is 1.01. The summed E-state index contributed by atoms with van der Waals surface area (Å²) in [7, 11) is 1.91. The second kappa shape index (κ2) is 6.25. The van der Waals surface area contributed by atoms with Crippen LogP contribution in [-0.2, 0) is 20.0 Å². The average Bonchev–Trinajstić information content (AvgIpc) is 2.85. The molecule has 1 aromatic carbocycles. The van der Waals surface area contributed by atoms with Crippen LogP contribution in [0.2, 0.25) is 0 Å². The van der Waals surface area contributed by atoms with Crippen molar-refractivity contribution in [1.82, 2.24) is 9.47 Å². The molecule has 0 unspecified atom stereocenters. The van der Waals surface area contributed by atoms with Crippen LogP contribution in [0.25, 0.3) is 0 Å². The number of benzene rings is 1. The van der Waals surface area contributed by atoms with E-state index in [2.05, 4.69) is 36.1 Å². The van der Waals surface area contributed by atoms with Crippen LogP contribution in [-0.4, -0.2) is 28.7 Å². The molecule has 4 nitrogen and oxygen atoms in total. The fourth-order valence-electron chi connectivity index (χ4n) is 2.91. The van der Waals surface area contributed by atoms with E-state index >= 15 is 0 Å². The first kappa shape index (κ1) is 14.7. The van der Waals surface area contributed by atoms with Crippen molar-refractivity contribution in [2.75, 3.05) is 13.1 Å². The second-order valence-electron chi connectivity index (χ2n) is 5.85. The predicted molar refractivity (Wildman–Crippen MR) is 85.6 cm³/mol. The van der Waals surface area contributed by atoms with Gasteiger partial charge in [-0.2, -0.15) is 5.26 Å². The molecule has 1 aliphatic heterocycles. The Morgan fingerprint density at radius 1 is 1.32 bits per heavy atom. The van der Waals surface area contributed by atoms with Crippen molar-refractivity contribution in [3.05, 3.63) is 53.3 Å². The summed E-state index contributed by atoms with van der Waals surface area (Å²) in [6.45, 7) is 4.91. The number of rotatable bonds is 5. The zero-order valence-electron chi connectivity index (χ0n) is 13.1. The lowest BCUT2D eigenvalue weighted by Gasteiger charge is -2.39. The van der Waals surface area contributed by atoms with E-state index in [1.165, 1.54) is 11.1 Å². The SMILES string of the molecule is CCc1ccccc1OC1CN(Cc2cc(C#N)n(C)c2)C1. The third kappa shape index (κ3) is 3.00. The lowest BCUT2D eigenvalue weighted by Crippen LogP contribution is -2.53. The van der Waals surface area contributed by atoms with Gasteiger partial charge in [-0.3, -0.25) is 4.90 Å². The normalized spacial score (nSPS) is 15.3. The van der Waals surface area contributed by atoms with Crippen LogP contribution in [0.1, 0.15) is 23.7 Å². The van der Waals surface area contributed by atoms with E-state index in [0.717, 1.165) is 31.8 Å². The molecule has 2 heterocycles. The van der Waals surface area contributed by atoms with E-state index in [1.807, 2.05) is 29.9 Å². The largest absolute Gasteiger partial charge is 0.487 e. The summed E-state index contributed by atoms with van der Waals surface area (Å²) < 4.78 is 7.97. The maximum atomic E-state index is 8.99. The van der Waals surface area contributed by atoms with Crippen LogP contribution in [0.5, 0.6) is 5.75 Å². The van der Waals surface area contributed by atoms with E-state index in [0.29, 0.717) is 5.69 Å². The Hall–Kier alpha value is -2.25. The number of aryl methyl sites for hydroxylation is 2. The van der Waals surface area contributed by atoms with E-state index in [-0.39, 0.29) is 6.10 Å². The Morgan fingerprint density at radius 2 is 2.09 bits per heavy atom. The van der Waals surface area contributed by atoms with Crippen molar-refractivity contribution in [2.45, 2.75) is 26.0 Å². The van der Waals surface area contributed by atoms with Gasteiger partial charge in [0.15, 0.2) is 0 Å². The summed E-state index contributed by atoms with van der Waals surface area (Å²) in [5, 5.41) is 8.99. The van der Waals surface area contributed by atoms with Crippen molar-refractivity contribution in [2.24, 2.45) is 7.05 Å². The number of para-hydroxylation sites is 1. The van der Waals surface area contributed by atoms with Crippen LogP contribution in [0.3, 0.4) is 0 Å². The molecule has 1 aliphatic rings. The molecule has 1 aromatic heterocycles. The number of nitrogens with zero attached hydrogens (tertiary/aromatic N) is 3. The summed E-state index contributed by atoms with van der Waals surface area (Å²) in [4.78, 5) is 2.34. The minimum Gasteiger partial charge on any atom is -0.487 e. The number of aromatic nitrogens is 1. The molecule has 1 fully saturated rings. The van der Waals surface area contributed by atoms with Gasteiger partial charge in [0.05, 0.1) is 0 Å². The number of nitriles is 1. The van der Waals surface area contributed by atoms with Gasteiger partial charge in [0.2, 0.25) is 0 Å². The molecule has 0 spiro atoms. The Balaban J connectivity index is 1.53. The van der Waals surface area contributed by atoms with Gasteiger partial charge in [-0.1, -0.05) is 25.1 Å². The van der Waals surface area contributed by atoms with E-state index in [4.69, 9.17) is 10.00 Å². The highest BCUT2D eigenvalue weighted by Gasteiger charge is 2.29. The summed E-state index contributed by atoms with van der Waals surface area (Å²) in [5.41, 5.74) is 3.16. The first-order valence-corrected chi connectivity index (χ1v) is 7.72. The van der Waals surface area contributed by atoms with Gasteiger partial charge in [0.1, 0.15) is 23.6 Å². The fourth-order valence-corrected chi connectivity index (χ4v) is 2.91. The van der Waals surface area contributed by atoms with Crippen LogP contribution >= 0.6 is 0 Å². The molecule has 0 saturated carbocycles. The minimum atomic E-state index is 0.270. The van der Waals surface area contributed by atoms with Gasteiger partial charge in [0, 0.05) is 32.9 Å². The monoisotopic (exact) mass is 295 g/mol. The number of ether oxygens (including phenoxy) is 1. The average molecular weight is 295 g/mol. The topological polar surface area (TPSA) is 41.2 Å². The highest BCUT2D eigenvalue weighted by Crippen LogP contribution is 2.24. The summed E-state index contributed by atoms with van der Waals surface area (Å²) >= 11 is 0. The van der Waals surface area contributed by atoms with E-state index in [1.54, 1.807) is 0 Å². The highest BCUT2D eigenvalue weighted by atomic mass is 16.5. The molecule has 0 amide bonds. The lowest BCUT2D eigenvalue weighted by molar-refractivity contribution is 0.0140. The fraction of sp³-hybridized carbons (Fsp3) is 0.389. The lowest BCUT2D eigenvalue weighted by atomic mass is 10.1. The van der Waals surface area contributed by atoms with Crippen molar-refractivity contribution >= 4 is 0 Å². The predicted octanol–water partition coefficient (Wildman–Crippen LogP) is 2.72. The molecule has 2 aromatic rings. The molecular formula is C18H21N3O. The first-order valence-electron chi connectivity index (χ1n) is 7.72. The molecule has 22 heavy (non-hydrogen) atoms.